The van der Waals surface area contributed by atoms with Crippen molar-refractivity contribution in [1.29, 1.82) is 0 Å². The Labute approximate surface area is 220 Å². The molecule has 7 N–H and O–H groups in total. The number of halogens is 1. The normalized spacial score (nSPS) is 9.22. The highest BCUT2D eigenvalue weighted by Crippen LogP contribution is 2.28. The molecule has 0 aromatic carbocycles. The zero-order chi connectivity index (χ0) is 23.8. The zero-order valence-corrected chi connectivity index (χ0v) is 23.5. The molecule has 1 heterocycles. The fraction of sp³-hybridized carbons (Fsp3) is 0.722. The van der Waals surface area contributed by atoms with Crippen molar-refractivity contribution in [2.24, 2.45) is 11.5 Å². The van der Waals surface area contributed by atoms with E-state index in [2.05, 4.69) is 17.6 Å². The van der Waals surface area contributed by atoms with E-state index >= 15 is 0 Å². The van der Waals surface area contributed by atoms with E-state index in [1.54, 1.807) is 49.4 Å². The van der Waals surface area contributed by atoms with Gasteiger partial charge in [0.15, 0.2) is 0 Å². The predicted molar refractivity (Wildman–Crippen MR) is 151 cm³/mol. The van der Waals surface area contributed by atoms with Crippen molar-refractivity contribution in [3.05, 3.63) is 24.4 Å². The van der Waals surface area contributed by atoms with Gasteiger partial charge in [0.1, 0.15) is 5.03 Å². The number of hydrogen-bond acceptors (Lipinski definition) is 13. The molecule has 0 bridgehead atoms. The van der Waals surface area contributed by atoms with Gasteiger partial charge in [0.25, 0.3) is 0 Å². The molecule has 0 atom stereocenters. The van der Waals surface area contributed by atoms with Crippen molar-refractivity contribution in [2.75, 3.05) is 82.9 Å². The van der Waals surface area contributed by atoms with Crippen molar-refractivity contribution < 1.29 is 24.8 Å². The first kappa shape index (κ1) is 40.1. The van der Waals surface area contributed by atoms with E-state index in [-0.39, 0.29) is 25.6 Å². The van der Waals surface area contributed by atoms with E-state index in [0.717, 1.165) is 41.8 Å². The summed E-state index contributed by atoms with van der Waals surface area (Å²) in [5.41, 5.74) is 10.3. The Morgan fingerprint density at radius 2 is 1.44 bits per heavy atom. The molecule has 0 radical (unpaired) electrons. The van der Waals surface area contributed by atoms with E-state index in [0.29, 0.717) is 32.9 Å². The van der Waals surface area contributed by atoms with Crippen LogP contribution in [0.3, 0.4) is 0 Å². The van der Waals surface area contributed by atoms with Gasteiger partial charge >= 0.3 is 0 Å². The van der Waals surface area contributed by atoms with Crippen LogP contribution in [0.1, 0.15) is 0 Å². The number of aliphatic hydroxyl groups excluding tert-OH is 3. The number of nitrogens with two attached hydrogens (primary N) is 2. The second kappa shape index (κ2) is 42.1. The van der Waals surface area contributed by atoms with Gasteiger partial charge in [-0.1, -0.05) is 38.4 Å². The van der Waals surface area contributed by atoms with E-state index < -0.39 is 0 Å². The minimum Gasteiger partial charge on any atom is -0.400 e. The van der Waals surface area contributed by atoms with Crippen molar-refractivity contribution in [3.8, 4) is 0 Å². The fourth-order valence-electron chi connectivity index (χ4n) is 1.22. The van der Waals surface area contributed by atoms with Gasteiger partial charge < -0.3 is 36.3 Å². The summed E-state index contributed by atoms with van der Waals surface area (Å²) < 4.78 is 10.1. The molecule has 0 spiro atoms. The first-order valence-corrected chi connectivity index (χ1v) is 15.0. The molecule has 14 heteroatoms. The van der Waals surface area contributed by atoms with Gasteiger partial charge in [-0.25, -0.2) is 4.98 Å². The maximum Gasteiger partial charge on any atom is 0.106 e. The average Bonchev–Trinajstić information content (AvgIpc) is 2.82. The van der Waals surface area contributed by atoms with E-state index in [1.165, 1.54) is 0 Å². The summed E-state index contributed by atoms with van der Waals surface area (Å²) >= 11 is 3.93. The lowest BCUT2D eigenvalue weighted by Crippen LogP contribution is -2.09. The Hall–Kier alpha value is 0.910. The molecule has 1 rings (SSSR count). The van der Waals surface area contributed by atoms with E-state index in [4.69, 9.17) is 36.3 Å². The van der Waals surface area contributed by atoms with Gasteiger partial charge in [0, 0.05) is 49.4 Å². The monoisotopic (exact) mass is 573 g/mol. The lowest BCUT2D eigenvalue weighted by Gasteiger charge is -2.00. The topological polar surface area (TPSA) is 144 Å². The second-order valence-corrected chi connectivity index (χ2v) is 10.3. The maximum absolute atomic E-state index is 8.49. The Kier molecular flexibility index (Phi) is 52.8. The molecule has 0 unspecified atom stereocenters. The average molecular weight is 574 g/mol. The van der Waals surface area contributed by atoms with Crippen LogP contribution in [0, 0.1) is 0 Å². The predicted octanol–water partition coefficient (Wildman–Crippen LogP) is 2.07. The molecule has 0 aliphatic heterocycles. The number of aromatic nitrogens is 1. The van der Waals surface area contributed by atoms with Crippen LogP contribution < -0.4 is 11.5 Å². The van der Waals surface area contributed by atoms with Crippen LogP contribution in [-0.4, -0.2) is 103 Å². The van der Waals surface area contributed by atoms with Crippen LogP contribution in [0.15, 0.2) is 29.4 Å². The molecule has 0 aliphatic rings. The Morgan fingerprint density at radius 3 is 1.94 bits per heavy atom. The molecule has 0 fully saturated rings. The van der Waals surface area contributed by atoms with Gasteiger partial charge in [0.05, 0.1) is 39.6 Å². The lowest BCUT2D eigenvalue weighted by molar-refractivity contribution is 0.158. The number of ether oxygens (including phenoxy) is 2. The highest BCUT2D eigenvalue weighted by atomic mass is 35.5. The molecule has 1 aromatic heterocycles. The molecule has 0 aliphatic carbocycles. The van der Waals surface area contributed by atoms with Crippen molar-refractivity contribution in [2.45, 2.75) is 5.03 Å². The third-order valence-corrected chi connectivity index (χ3v) is 7.06. The van der Waals surface area contributed by atoms with Gasteiger partial charge in [-0.2, -0.15) is 12.6 Å². The van der Waals surface area contributed by atoms with E-state index in [1.807, 2.05) is 18.2 Å². The fourth-order valence-corrected chi connectivity index (χ4v) is 4.63. The highest BCUT2D eigenvalue weighted by molar-refractivity contribution is 8.77. The number of thiol groups is 1. The molecule has 32 heavy (non-hydrogen) atoms. The second-order valence-electron chi connectivity index (χ2n) is 4.69. The minimum absolute atomic E-state index is 0. The van der Waals surface area contributed by atoms with Crippen molar-refractivity contribution in [3.63, 3.8) is 0 Å². The summed E-state index contributed by atoms with van der Waals surface area (Å²) in [5.74, 6) is 3.29. The number of nitrogens with zero attached hydrogens (tertiary/aromatic N) is 1. The highest BCUT2D eigenvalue weighted by Gasteiger charge is 1.92. The van der Waals surface area contributed by atoms with Gasteiger partial charge in [-0.3, -0.25) is 0 Å². The van der Waals surface area contributed by atoms with Crippen LogP contribution in [0.2, 0.25) is 0 Å². The molecule has 0 amide bonds. The number of pyridine rings is 1. The molecular formula is C18H40ClN3O5S5. The van der Waals surface area contributed by atoms with Crippen LogP contribution in [0.25, 0.3) is 0 Å². The summed E-state index contributed by atoms with van der Waals surface area (Å²) in [7, 11) is 7.59. The van der Waals surface area contributed by atoms with E-state index in [9.17, 15) is 0 Å². The molecular weight excluding hydrogens is 534 g/mol. The molecule has 1 aromatic rings. The number of aliphatic hydroxyl groups is 3. The third kappa shape index (κ3) is 41.2. The SMILES string of the molecule is CO.Cl.NCCOCCS.NCCOCCSSCCO.OCCSSc1ccccn1. The standard InChI is InChI=1S/C7H9NOS2.C6H15NO2S2.C4H11NOS.CH4O.ClH/c9-5-6-10-11-7-3-1-2-4-8-7;7-1-3-9-4-6-11-10-5-2-8;5-1-2-6-3-4-7;1-2;/h1-4,9H,5-6H2;8H,1-7H2;7H,1-5H2;2H,1H3;1H. The largest absolute Gasteiger partial charge is 0.400 e. The van der Waals surface area contributed by atoms with Gasteiger partial charge in [-0.05, 0) is 22.9 Å². The molecule has 0 saturated carbocycles. The summed E-state index contributed by atoms with van der Waals surface area (Å²) in [5, 5.41) is 24.9. The number of rotatable bonds is 16. The minimum atomic E-state index is 0. The third-order valence-electron chi connectivity index (χ3n) is 2.29. The summed E-state index contributed by atoms with van der Waals surface area (Å²) in [6.07, 6.45) is 1.77. The molecule has 8 nitrogen and oxygen atoms in total. The van der Waals surface area contributed by atoms with Crippen LogP contribution in [0.5, 0.6) is 0 Å². The molecule has 194 valence electrons. The summed E-state index contributed by atoms with van der Waals surface area (Å²) in [4.78, 5) is 4.11. The zero-order valence-electron chi connectivity index (χ0n) is 18.5. The summed E-state index contributed by atoms with van der Waals surface area (Å²) in [6.45, 7) is 4.43. The maximum atomic E-state index is 8.49. The smallest absolute Gasteiger partial charge is 0.106 e. The Balaban J connectivity index is -0.000000178. The molecule has 0 saturated heterocycles. The quantitative estimate of drug-likeness (QED) is 0.0978. The van der Waals surface area contributed by atoms with Gasteiger partial charge in [-0.15, -0.1) is 12.4 Å². The van der Waals surface area contributed by atoms with Crippen LogP contribution >= 0.6 is 68.2 Å². The van der Waals surface area contributed by atoms with Crippen LogP contribution in [-0.2, 0) is 9.47 Å². The summed E-state index contributed by atoms with van der Waals surface area (Å²) in [6, 6.07) is 5.80. The van der Waals surface area contributed by atoms with Gasteiger partial charge in [0.2, 0.25) is 0 Å². The van der Waals surface area contributed by atoms with Crippen molar-refractivity contribution in [1.82, 2.24) is 4.98 Å². The lowest BCUT2D eigenvalue weighted by atomic mass is 10.5. The first-order chi connectivity index (χ1) is 15.3. The Bertz CT molecular complexity index is 399. The first-order valence-electron chi connectivity index (χ1n) is 9.54. The van der Waals surface area contributed by atoms with Crippen LogP contribution in [0.4, 0.5) is 0 Å². The Morgan fingerprint density at radius 1 is 0.875 bits per heavy atom. The van der Waals surface area contributed by atoms with Crippen molar-refractivity contribution >= 4 is 68.2 Å². The number of hydrogen-bond donors (Lipinski definition) is 6.